The van der Waals surface area contributed by atoms with E-state index < -0.39 is 39.6 Å². The lowest BCUT2D eigenvalue weighted by molar-refractivity contribution is -0.222. The molecule has 0 aromatic heterocycles. The van der Waals surface area contributed by atoms with Gasteiger partial charge in [-0.3, -0.25) is 9.52 Å². The van der Waals surface area contributed by atoms with Gasteiger partial charge in [-0.2, -0.15) is 0 Å². The van der Waals surface area contributed by atoms with Gasteiger partial charge in [0.2, 0.25) is 15.9 Å². The zero-order chi connectivity index (χ0) is 26.9. The smallest absolute Gasteiger partial charge is 0.237 e. The van der Waals surface area contributed by atoms with Crippen LogP contribution in [0.15, 0.2) is 0 Å². The van der Waals surface area contributed by atoms with Gasteiger partial charge in [0, 0.05) is 12.3 Å². The normalized spacial score (nSPS) is 48.5. The number of amides is 1. The van der Waals surface area contributed by atoms with E-state index in [1.807, 2.05) is 0 Å². The Kier molecular flexibility index (Phi) is 7.31. The summed E-state index contributed by atoms with van der Waals surface area (Å²) in [6, 6.07) is 0. The third-order valence-corrected chi connectivity index (χ3v) is 14.1. The average Bonchev–Trinajstić information content (AvgIpc) is 3.64. The number of aliphatic hydroxyl groups is 2. The second-order valence-electron chi connectivity index (χ2n) is 13.9. The molecule has 0 bridgehead atoms. The van der Waals surface area contributed by atoms with Crippen LogP contribution in [0.25, 0.3) is 0 Å². The highest BCUT2D eigenvalue weighted by Gasteiger charge is 2.66. The maximum absolute atomic E-state index is 15.5. The summed E-state index contributed by atoms with van der Waals surface area (Å²) in [6.07, 6.45) is 5.60. The van der Waals surface area contributed by atoms with Gasteiger partial charge in [0.25, 0.3) is 0 Å². The Morgan fingerprint density at radius 1 is 1.03 bits per heavy atom. The van der Waals surface area contributed by atoms with E-state index in [1.54, 1.807) is 0 Å². The van der Waals surface area contributed by atoms with Gasteiger partial charge in [-0.05, 0) is 104 Å². The second-order valence-corrected chi connectivity index (χ2v) is 15.9. The molecule has 0 radical (unpaired) electrons. The summed E-state index contributed by atoms with van der Waals surface area (Å²) >= 11 is 0. The highest BCUT2D eigenvalue weighted by atomic mass is 32.2. The molecule has 5 rings (SSSR count). The minimum absolute atomic E-state index is 0.0584. The van der Waals surface area contributed by atoms with Crippen LogP contribution >= 0.6 is 0 Å². The molecule has 0 aromatic rings. The molecular weight excluding hydrogens is 493 g/mol. The molecule has 0 aliphatic heterocycles. The fourth-order valence-electron chi connectivity index (χ4n) is 10.2. The predicted molar refractivity (Wildman–Crippen MR) is 141 cm³/mol. The van der Waals surface area contributed by atoms with Crippen LogP contribution in [0.5, 0.6) is 0 Å². The third kappa shape index (κ3) is 4.49. The second kappa shape index (κ2) is 9.72. The first-order valence-corrected chi connectivity index (χ1v) is 16.4. The Balaban J connectivity index is 1.31. The number of rotatable bonds is 7. The maximum Gasteiger partial charge on any atom is 0.237 e. The number of hydrogen-bond donors (Lipinski definition) is 3. The summed E-state index contributed by atoms with van der Waals surface area (Å²) < 4.78 is 42.0. The van der Waals surface area contributed by atoms with Crippen molar-refractivity contribution in [1.29, 1.82) is 0 Å². The number of nitrogens with one attached hydrogen (secondary N) is 1. The minimum Gasteiger partial charge on any atom is -0.393 e. The van der Waals surface area contributed by atoms with Crippen molar-refractivity contribution in [2.45, 2.75) is 122 Å². The molecule has 37 heavy (non-hydrogen) atoms. The van der Waals surface area contributed by atoms with Crippen LogP contribution < -0.4 is 4.72 Å². The van der Waals surface area contributed by atoms with Crippen molar-refractivity contribution < 1.29 is 27.8 Å². The van der Waals surface area contributed by atoms with Crippen molar-refractivity contribution >= 4 is 15.9 Å². The molecule has 5 aliphatic carbocycles. The molecule has 5 fully saturated rings. The zero-order valence-corrected chi connectivity index (χ0v) is 23.9. The Morgan fingerprint density at radius 3 is 2.32 bits per heavy atom. The number of sulfonamides is 1. The summed E-state index contributed by atoms with van der Waals surface area (Å²) in [5.41, 5.74) is -0.137. The maximum atomic E-state index is 15.5. The molecule has 6 nitrogen and oxygen atoms in total. The van der Waals surface area contributed by atoms with Gasteiger partial charge in [-0.1, -0.05) is 34.1 Å². The van der Waals surface area contributed by atoms with Crippen molar-refractivity contribution in [3.8, 4) is 0 Å². The first-order chi connectivity index (χ1) is 17.3. The number of carbonyl (C=O) groups is 1. The van der Waals surface area contributed by atoms with E-state index >= 15 is 4.39 Å². The fourth-order valence-corrected chi connectivity index (χ4v) is 11.5. The SMILES string of the molecule is CC[C@@H]1[C@@H]2[C@@H](F)[C@H](O)CC[C@]2(C)C2CC[C@@]3(C)C(CCC3[C@H](C)CCC(=O)NS(=O)(=O)C3CC3)C2[C@@H]1O. The van der Waals surface area contributed by atoms with E-state index in [9.17, 15) is 23.4 Å². The van der Waals surface area contributed by atoms with E-state index in [-0.39, 0.29) is 46.8 Å². The monoisotopic (exact) mass is 541 g/mol. The molecule has 4 unspecified atom stereocenters. The Morgan fingerprint density at radius 2 is 1.68 bits per heavy atom. The van der Waals surface area contributed by atoms with Gasteiger partial charge in [0.15, 0.2) is 0 Å². The molecule has 8 heteroatoms. The van der Waals surface area contributed by atoms with Gasteiger partial charge >= 0.3 is 0 Å². The summed E-state index contributed by atoms with van der Waals surface area (Å²) in [6.45, 7) is 8.88. The molecule has 3 N–H and O–H groups in total. The van der Waals surface area contributed by atoms with E-state index in [2.05, 4.69) is 32.4 Å². The van der Waals surface area contributed by atoms with E-state index in [0.29, 0.717) is 37.5 Å². The van der Waals surface area contributed by atoms with Gasteiger partial charge in [-0.15, -0.1) is 0 Å². The molecule has 0 heterocycles. The van der Waals surface area contributed by atoms with E-state index in [4.69, 9.17) is 0 Å². The minimum atomic E-state index is -3.50. The standard InChI is InChI=1S/C29H48FNO5S/c1-5-18-25-26(30)22(32)13-15-29(25,4)21-12-14-28(3)19(9-10-20(28)24(21)27(18)34)16(2)6-11-23(33)31-37(35,36)17-7-8-17/h16-22,24-27,32,34H,5-15H2,1-4H3,(H,31,33)/t16-,18-,19?,20?,21?,22-,24?,25-,26+,27-,28-,29-/m1/s1. The molecule has 5 saturated carbocycles. The molecule has 0 aromatic carbocycles. The topological polar surface area (TPSA) is 104 Å². The summed E-state index contributed by atoms with van der Waals surface area (Å²) in [5.74, 6) is 0.682. The highest BCUT2D eigenvalue weighted by Crippen LogP contribution is 2.69. The first-order valence-electron chi connectivity index (χ1n) is 14.9. The molecule has 5 aliphatic rings. The molecule has 212 valence electrons. The van der Waals surface area contributed by atoms with Crippen LogP contribution in [-0.4, -0.2) is 48.2 Å². The van der Waals surface area contributed by atoms with Crippen molar-refractivity contribution in [3.63, 3.8) is 0 Å². The zero-order valence-electron chi connectivity index (χ0n) is 23.0. The van der Waals surface area contributed by atoms with Gasteiger partial charge < -0.3 is 10.2 Å². The number of halogens is 1. The average molecular weight is 542 g/mol. The van der Waals surface area contributed by atoms with Crippen LogP contribution in [0.4, 0.5) is 4.39 Å². The van der Waals surface area contributed by atoms with Crippen LogP contribution in [0.3, 0.4) is 0 Å². The van der Waals surface area contributed by atoms with Crippen molar-refractivity contribution in [1.82, 2.24) is 4.72 Å². The predicted octanol–water partition coefficient (Wildman–Crippen LogP) is 4.59. The van der Waals surface area contributed by atoms with Crippen LogP contribution in [0, 0.1) is 52.3 Å². The lowest BCUT2D eigenvalue weighted by Crippen LogP contribution is -2.65. The molecule has 0 saturated heterocycles. The van der Waals surface area contributed by atoms with Crippen molar-refractivity contribution in [2.75, 3.05) is 0 Å². The van der Waals surface area contributed by atoms with E-state index in [0.717, 1.165) is 38.5 Å². The van der Waals surface area contributed by atoms with Crippen LogP contribution in [0.2, 0.25) is 0 Å². The largest absolute Gasteiger partial charge is 0.393 e. The Bertz CT molecular complexity index is 987. The number of alkyl halides is 1. The van der Waals surface area contributed by atoms with Crippen molar-refractivity contribution in [2.24, 2.45) is 52.3 Å². The van der Waals surface area contributed by atoms with Crippen LogP contribution in [0.1, 0.15) is 98.3 Å². The van der Waals surface area contributed by atoms with Gasteiger partial charge in [0.05, 0.1) is 17.5 Å². The summed E-state index contributed by atoms with van der Waals surface area (Å²) in [4.78, 5) is 12.4. The number of aliphatic hydroxyl groups excluding tert-OH is 2. The van der Waals surface area contributed by atoms with Crippen LogP contribution in [-0.2, 0) is 14.8 Å². The first kappa shape index (κ1) is 27.8. The molecular formula is C29H48FNO5S. The van der Waals surface area contributed by atoms with E-state index in [1.165, 1.54) is 0 Å². The summed E-state index contributed by atoms with van der Waals surface area (Å²) in [5, 5.41) is 21.8. The number of hydrogen-bond acceptors (Lipinski definition) is 5. The fraction of sp³-hybridized carbons (Fsp3) is 0.966. The third-order valence-electron chi connectivity index (χ3n) is 12.2. The lowest BCUT2D eigenvalue weighted by atomic mass is 9.41. The van der Waals surface area contributed by atoms with Gasteiger partial charge in [-0.25, -0.2) is 12.8 Å². The molecule has 0 spiro atoms. The summed E-state index contributed by atoms with van der Waals surface area (Å²) in [7, 11) is -3.50. The lowest BCUT2D eigenvalue weighted by Gasteiger charge is -2.65. The van der Waals surface area contributed by atoms with Gasteiger partial charge in [0.1, 0.15) is 6.17 Å². The number of fused-ring (bicyclic) bond motifs is 5. The Hall–Kier alpha value is -0.730. The van der Waals surface area contributed by atoms with Crippen molar-refractivity contribution in [3.05, 3.63) is 0 Å². The quantitative estimate of drug-likeness (QED) is 0.438. The number of carbonyl (C=O) groups excluding carboxylic acids is 1. The molecule has 12 atom stereocenters. The molecule has 1 amide bonds. The Labute approximate surface area is 222 Å². The highest BCUT2D eigenvalue weighted by molar-refractivity contribution is 7.90.